The van der Waals surface area contributed by atoms with Gasteiger partial charge in [0.2, 0.25) is 0 Å². The fourth-order valence-corrected chi connectivity index (χ4v) is 0. The molecule has 13 heavy (non-hydrogen) atoms. The summed E-state index contributed by atoms with van der Waals surface area (Å²) in [5.41, 5.74) is 0. The Morgan fingerprint density at radius 3 is 0.385 bits per heavy atom. The molecule has 0 aliphatic heterocycles. The van der Waals surface area contributed by atoms with Crippen LogP contribution >= 0.6 is 56.5 Å². The summed E-state index contributed by atoms with van der Waals surface area (Å²) in [6, 6.07) is 0. The molecule has 0 spiro atoms. The van der Waals surface area contributed by atoms with Crippen molar-refractivity contribution in [2.24, 2.45) is 0 Å². The molecule has 0 saturated carbocycles. The van der Waals surface area contributed by atoms with Crippen molar-refractivity contribution in [2.75, 3.05) is 0 Å². The second-order valence-corrected chi connectivity index (χ2v) is 49.9. The van der Waals surface area contributed by atoms with Crippen LogP contribution in [0.1, 0.15) is 0 Å². The number of halogens is 6. The van der Waals surface area contributed by atoms with Gasteiger partial charge in [0.25, 0.3) is 0 Å². The van der Waals surface area contributed by atoms with Gasteiger partial charge in [0.15, 0.2) is 0 Å². The van der Waals surface area contributed by atoms with Crippen LogP contribution in [0.5, 0.6) is 0 Å². The van der Waals surface area contributed by atoms with Crippen molar-refractivity contribution in [3.8, 4) is 0 Å². The molecule has 0 atom stereocenters. The Balaban J connectivity index is -0.0000000120. The molecule has 0 amide bonds. The van der Waals surface area contributed by atoms with Crippen LogP contribution in [0.15, 0.2) is 0 Å². The average molecular weight is 516 g/mol. The van der Waals surface area contributed by atoms with Gasteiger partial charge in [-0.3, -0.25) is 0 Å². The van der Waals surface area contributed by atoms with Crippen molar-refractivity contribution in [3.05, 3.63) is 0 Å². The van der Waals surface area contributed by atoms with Gasteiger partial charge in [0, 0.05) is 0 Å². The van der Waals surface area contributed by atoms with E-state index in [2.05, 4.69) is 0 Å². The SMILES string of the molecule is O.O.O.O.O.O.[Cl][Pt]([Cl])([Cl])([Cl])([Cl])[Cl]. The van der Waals surface area contributed by atoms with Crippen molar-refractivity contribution in [2.45, 2.75) is 0 Å². The molecule has 0 bridgehead atoms. The Morgan fingerprint density at radius 1 is 0.385 bits per heavy atom. The Bertz CT molecular complexity index is 75.7. The van der Waals surface area contributed by atoms with E-state index in [1.165, 1.54) is 0 Å². The normalized spacial score (nSPS) is 12.5. The summed E-state index contributed by atoms with van der Waals surface area (Å²) in [6.45, 7) is 0. The molecule has 12 N–H and O–H groups in total. The molecule has 6 nitrogen and oxygen atoms in total. The predicted molar refractivity (Wildman–Crippen MR) is 56.8 cm³/mol. The first-order valence-corrected chi connectivity index (χ1v) is 17.6. The molecule has 0 aromatic heterocycles. The van der Waals surface area contributed by atoms with E-state index in [9.17, 15) is 0 Å². The van der Waals surface area contributed by atoms with Gasteiger partial charge in [-0.15, -0.1) is 0 Å². The van der Waals surface area contributed by atoms with Gasteiger partial charge in [0.1, 0.15) is 0 Å². The molecular formula is H12Cl6O6Pt. The molecule has 0 aromatic rings. The summed E-state index contributed by atoms with van der Waals surface area (Å²) in [7, 11) is 25.0. The van der Waals surface area contributed by atoms with Crippen LogP contribution in [0.3, 0.4) is 0 Å². The Labute approximate surface area is 95.9 Å². The van der Waals surface area contributed by atoms with Crippen LogP contribution in [0.25, 0.3) is 0 Å². The topological polar surface area (TPSA) is 189 Å². The summed E-state index contributed by atoms with van der Waals surface area (Å²) in [6.07, 6.45) is 0. The molecule has 0 unspecified atom stereocenters. The van der Waals surface area contributed by atoms with Crippen LogP contribution in [-0.4, -0.2) is 32.9 Å². The molecule has 100 valence electrons. The van der Waals surface area contributed by atoms with Gasteiger partial charge in [-0.05, 0) is 0 Å². The van der Waals surface area contributed by atoms with Gasteiger partial charge < -0.3 is 32.9 Å². The number of rotatable bonds is 0. The molecule has 0 aliphatic rings. The van der Waals surface area contributed by atoms with E-state index in [0.29, 0.717) is 0 Å². The quantitative estimate of drug-likeness (QED) is 0.390. The molecule has 0 saturated heterocycles. The maximum atomic E-state index is 5.05. The van der Waals surface area contributed by atoms with Crippen LogP contribution in [-0.2, 0) is 7.31 Å². The van der Waals surface area contributed by atoms with Crippen molar-refractivity contribution in [3.63, 3.8) is 0 Å². The summed E-state index contributed by atoms with van der Waals surface area (Å²) < 4.78 is 0. The standard InChI is InChI=1S/6ClH.6H2O.Pt/h6*1H;6*1H2;/q;;;;;;;;;;;;+6/p-6. The van der Waals surface area contributed by atoms with E-state index in [1.54, 1.807) is 0 Å². The second kappa shape index (κ2) is 8.35. The fraction of sp³-hybridized carbons (Fsp3) is 0. The summed E-state index contributed by atoms with van der Waals surface area (Å²) in [5, 5.41) is 0. The first-order chi connectivity index (χ1) is 2.45. The van der Waals surface area contributed by atoms with Crippen molar-refractivity contribution in [1.29, 1.82) is 0 Å². The monoisotopic (exact) mass is 513 g/mol. The zero-order valence-electron chi connectivity index (χ0n) is 5.58. The van der Waals surface area contributed by atoms with E-state index >= 15 is 0 Å². The van der Waals surface area contributed by atoms with Gasteiger partial charge in [-0.25, -0.2) is 0 Å². The van der Waals surface area contributed by atoms with Crippen LogP contribution < -0.4 is 0 Å². The van der Waals surface area contributed by atoms with E-state index in [1.807, 2.05) is 0 Å². The first kappa shape index (κ1) is 45.6. The van der Waals surface area contributed by atoms with Gasteiger partial charge >= 0.3 is 63.8 Å². The molecule has 0 fully saturated rings. The Morgan fingerprint density at radius 2 is 0.385 bits per heavy atom. The van der Waals surface area contributed by atoms with E-state index in [-0.39, 0.29) is 32.9 Å². The number of hydrogen-bond acceptors (Lipinski definition) is 0. The zero-order chi connectivity index (χ0) is 6.41. The zero-order valence-corrected chi connectivity index (χ0v) is 12.4. The third-order valence-corrected chi connectivity index (χ3v) is 0. The molecule has 0 rings (SSSR count). The van der Waals surface area contributed by atoms with E-state index < -0.39 is 7.31 Å². The third kappa shape index (κ3) is 440. The molecule has 13 heteroatoms. The average Bonchev–Trinajstić information content (AvgIpc) is 0.592. The molecular weight excluding hydrogens is 504 g/mol. The Kier molecular flexibility index (Phi) is 29.3. The third-order valence-electron chi connectivity index (χ3n) is 0. The first-order valence-electron chi connectivity index (χ1n) is 0.717. The molecule has 0 radical (unpaired) electrons. The minimum absolute atomic E-state index is 0. The molecule has 0 aromatic carbocycles. The maximum absolute atomic E-state index is 5.29. The fourth-order valence-electron chi connectivity index (χ4n) is 0. The van der Waals surface area contributed by atoms with Gasteiger partial charge in [0.05, 0.1) is 0 Å². The van der Waals surface area contributed by atoms with E-state index in [0.717, 1.165) is 0 Å². The van der Waals surface area contributed by atoms with Crippen molar-refractivity contribution >= 4 is 56.5 Å². The summed E-state index contributed by atoms with van der Waals surface area (Å²) in [5.74, 6) is 0. The van der Waals surface area contributed by atoms with Crippen molar-refractivity contribution in [1.82, 2.24) is 0 Å². The van der Waals surface area contributed by atoms with Crippen molar-refractivity contribution < 1.29 is 40.2 Å². The van der Waals surface area contributed by atoms with Crippen LogP contribution in [0.2, 0.25) is 0 Å². The van der Waals surface area contributed by atoms with Crippen LogP contribution in [0.4, 0.5) is 0 Å². The van der Waals surface area contributed by atoms with Crippen LogP contribution in [0, 0.1) is 0 Å². The molecule has 0 aliphatic carbocycles. The Hall–Kier alpha value is 2.19. The van der Waals surface area contributed by atoms with Gasteiger partial charge in [-0.1, -0.05) is 0 Å². The second-order valence-electron chi connectivity index (χ2n) is 0.678. The van der Waals surface area contributed by atoms with Gasteiger partial charge in [-0.2, -0.15) is 0 Å². The minimum atomic E-state index is -5.29. The predicted octanol–water partition coefficient (Wildman–Crippen LogP) is -0.814. The summed E-state index contributed by atoms with van der Waals surface area (Å²) in [4.78, 5) is 0. The van der Waals surface area contributed by atoms with E-state index in [4.69, 9.17) is 56.5 Å². The number of hydrogen-bond donors (Lipinski definition) is 0. The molecule has 0 heterocycles. The summed E-state index contributed by atoms with van der Waals surface area (Å²) >= 11 is 0.